The van der Waals surface area contributed by atoms with Crippen LogP contribution in [-0.4, -0.2) is 124 Å². The summed E-state index contributed by atoms with van der Waals surface area (Å²) in [4.78, 5) is 77.9. The van der Waals surface area contributed by atoms with Crippen molar-refractivity contribution in [1.29, 1.82) is 0 Å². The Kier molecular flexibility index (Phi) is 16.3. The average Bonchev–Trinajstić information content (AvgIpc) is 3.85. The summed E-state index contributed by atoms with van der Waals surface area (Å²) in [6.45, 7) is 18.3. The maximum atomic E-state index is 14.9. The fourth-order valence-electron chi connectivity index (χ4n) is 10.5. The number of fused-ring (bicyclic) bond motifs is 13. The van der Waals surface area contributed by atoms with Crippen LogP contribution in [0.15, 0.2) is 82.9 Å². The molecular formula is C55H71N5O12. The van der Waals surface area contributed by atoms with Gasteiger partial charge in [-0.3, -0.25) is 29.0 Å². The van der Waals surface area contributed by atoms with Gasteiger partial charge in [0.25, 0.3) is 11.7 Å². The van der Waals surface area contributed by atoms with Crippen LogP contribution < -0.4 is 20.7 Å². The lowest BCUT2D eigenvalue weighted by atomic mass is 9.78. The van der Waals surface area contributed by atoms with Gasteiger partial charge in [0.15, 0.2) is 0 Å². The largest absolute Gasteiger partial charge is 0.507 e. The highest BCUT2D eigenvalue weighted by Gasteiger charge is 2.54. The van der Waals surface area contributed by atoms with Gasteiger partial charge in [0, 0.05) is 93.4 Å². The Balaban J connectivity index is 1.25. The molecule has 2 amide bonds. The molecule has 5 aliphatic heterocycles. The van der Waals surface area contributed by atoms with Crippen molar-refractivity contribution in [1.82, 2.24) is 20.9 Å². The van der Waals surface area contributed by atoms with Crippen molar-refractivity contribution in [2.75, 3.05) is 33.3 Å². The number of ether oxygens (including phenoxy) is 4. The summed E-state index contributed by atoms with van der Waals surface area (Å²) >= 11 is 0. The van der Waals surface area contributed by atoms with Crippen LogP contribution in [0.3, 0.4) is 0 Å². The summed E-state index contributed by atoms with van der Waals surface area (Å²) < 4.78 is 24.5. The number of nitrogens with one attached hydrogen (secondary N) is 3. The van der Waals surface area contributed by atoms with E-state index in [-0.39, 0.29) is 50.7 Å². The number of nitrogens with zero attached hydrogens (tertiary/aromatic N) is 2. The third-order valence-electron chi connectivity index (χ3n) is 14.8. The fraction of sp³-hybridized carbons (Fsp3) is 0.527. The van der Waals surface area contributed by atoms with Crippen LogP contribution in [0.4, 0.5) is 0 Å². The van der Waals surface area contributed by atoms with Crippen molar-refractivity contribution in [2.24, 2.45) is 34.6 Å². The number of phenols is 1. The molecule has 0 radical (unpaired) electrons. The van der Waals surface area contributed by atoms with Crippen LogP contribution in [0.5, 0.6) is 11.5 Å². The first kappa shape index (κ1) is 53.7. The van der Waals surface area contributed by atoms with Gasteiger partial charge in [-0.2, -0.15) is 0 Å². The Morgan fingerprint density at radius 1 is 0.944 bits per heavy atom. The van der Waals surface area contributed by atoms with Crippen LogP contribution in [0, 0.1) is 36.5 Å². The van der Waals surface area contributed by atoms with Gasteiger partial charge in [-0.15, -0.1) is 0 Å². The number of hydrogen-bond donors (Lipinski definition) is 6. The smallest absolute Gasteiger partial charge is 0.315 e. The first-order valence-electron chi connectivity index (χ1n) is 25.0. The van der Waals surface area contributed by atoms with Gasteiger partial charge < -0.3 is 55.1 Å². The second-order valence-corrected chi connectivity index (χ2v) is 20.7. The van der Waals surface area contributed by atoms with Crippen LogP contribution in [-0.2, 0) is 35.0 Å². The normalized spacial score (nSPS) is 30.3. The molecular weight excluding hydrogens is 923 g/mol. The van der Waals surface area contributed by atoms with E-state index in [0.717, 1.165) is 12.1 Å². The molecule has 0 aromatic heterocycles. The lowest BCUT2D eigenvalue weighted by molar-refractivity contribution is -0.164. The van der Waals surface area contributed by atoms with Gasteiger partial charge in [-0.05, 0) is 37.8 Å². The maximum absolute atomic E-state index is 14.9. The standard InChI is InChI=1S/C55H71N5O12/c1-29(2)28-60-24-21-55(22-25-60)58-43-40-41-48(65)35(8)51-42(40)52(67)54(9,72-51)70-26-20-37(69-10)32(5)50(71-39(62)27-38(61)56-23-19-36-17-12-11-13-18-36)34(7)47(64)33(6)46(63)30(3)15-14-16-31(4)53(68)57-45(49(41)66)44(43)59-55/h11-18,20,26,29-30,32-34,37,46-47,50,59,63-65H,19,21-25,27-28H2,1-10H3,(H,56,61)(H,57,68)/b15-14+,26-20+,31-16-/t30-,32+,33+,34+,37-,46-,47+,50+,54-/m0/s1. The summed E-state index contributed by atoms with van der Waals surface area (Å²) in [5.74, 6) is -8.31. The first-order chi connectivity index (χ1) is 34.1. The third kappa shape index (κ3) is 10.9. The number of methoxy groups -OCH3 is 1. The molecule has 17 nitrogen and oxygen atoms in total. The van der Waals surface area contributed by atoms with Crippen molar-refractivity contribution in [2.45, 2.75) is 124 Å². The number of hydrogen-bond acceptors (Lipinski definition) is 15. The van der Waals surface area contributed by atoms with E-state index in [9.17, 15) is 39.3 Å². The predicted octanol–water partition coefficient (Wildman–Crippen LogP) is 5.34. The Labute approximate surface area is 421 Å². The number of phenolic OH excluding ortho intramolecular Hbond substituents is 1. The number of aliphatic imine (C=N–C) groups is 1. The van der Waals surface area contributed by atoms with Crippen LogP contribution >= 0.6 is 0 Å². The van der Waals surface area contributed by atoms with Gasteiger partial charge in [0.05, 0.1) is 47.1 Å². The van der Waals surface area contributed by atoms with Crippen LogP contribution in [0.25, 0.3) is 0 Å². The molecule has 9 atom stereocenters. The molecule has 5 bridgehead atoms. The molecule has 6 N–H and O–H groups in total. The number of likely N-dealkylation sites (tertiary alicyclic amines) is 1. The van der Waals surface area contributed by atoms with Gasteiger partial charge in [-0.25, -0.2) is 0 Å². The van der Waals surface area contributed by atoms with Gasteiger partial charge in [0.1, 0.15) is 35.4 Å². The van der Waals surface area contributed by atoms with E-state index < -0.39 is 101 Å². The number of carbonyl (C=O) groups excluding carboxylic acids is 5. The minimum Gasteiger partial charge on any atom is -0.507 e. The minimum atomic E-state index is -2.03. The second kappa shape index (κ2) is 21.9. The third-order valence-corrected chi connectivity index (χ3v) is 14.8. The zero-order chi connectivity index (χ0) is 52.4. The molecule has 5 heterocycles. The average molecular weight is 994 g/mol. The topological polar surface area (TPSA) is 235 Å². The molecule has 1 aliphatic carbocycles. The molecule has 1 saturated heterocycles. The Morgan fingerprint density at radius 3 is 2.31 bits per heavy atom. The zero-order valence-corrected chi connectivity index (χ0v) is 43.0. The first-order valence-corrected chi connectivity index (χ1v) is 25.0. The monoisotopic (exact) mass is 994 g/mol. The molecule has 17 heteroatoms. The molecule has 388 valence electrons. The number of Topliss-reactive ketones (excluding diaryl/α,β-unsaturated/α-hetero) is 2. The number of piperidine rings is 1. The number of benzene rings is 2. The molecule has 1 spiro atoms. The number of allylic oxidation sites excluding steroid dienone is 4. The number of esters is 1. The number of amides is 2. The predicted molar refractivity (Wildman–Crippen MR) is 269 cm³/mol. The highest BCUT2D eigenvalue weighted by atomic mass is 16.7. The van der Waals surface area contributed by atoms with Crippen molar-refractivity contribution in [3.8, 4) is 11.5 Å². The number of aliphatic hydroxyl groups excluding tert-OH is 2. The molecule has 72 heavy (non-hydrogen) atoms. The molecule has 2 aromatic rings. The summed E-state index contributed by atoms with van der Waals surface area (Å²) in [5.41, 5.74) is 0.592. The fourth-order valence-corrected chi connectivity index (χ4v) is 10.5. The van der Waals surface area contributed by atoms with Gasteiger partial charge >= 0.3 is 11.8 Å². The number of carbonyl (C=O) groups is 5. The summed E-state index contributed by atoms with van der Waals surface area (Å²) in [6, 6.07) is 9.58. The van der Waals surface area contributed by atoms with Crippen molar-refractivity contribution in [3.63, 3.8) is 0 Å². The van der Waals surface area contributed by atoms with E-state index in [4.69, 9.17) is 23.9 Å². The zero-order valence-electron chi connectivity index (χ0n) is 43.0. The van der Waals surface area contributed by atoms with E-state index in [2.05, 4.69) is 34.7 Å². The van der Waals surface area contributed by atoms with Crippen molar-refractivity contribution >= 4 is 35.1 Å². The number of ketones is 2. The van der Waals surface area contributed by atoms with Crippen LogP contribution in [0.2, 0.25) is 0 Å². The number of aliphatic hydroxyl groups is 2. The van der Waals surface area contributed by atoms with E-state index in [1.54, 1.807) is 46.8 Å². The van der Waals surface area contributed by atoms with E-state index in [1.807, 2.05) is 30.3 Å². The van der Waals surface area contributed by atoms with Gasteiger partial charge in [0.2, 0.25) is 11.7 Å². The molecule has 6 aliphatic rings. The van der Waals surface area contributed by atoms with Crippen LogP contribution in [0.1, 0.15) is 112 Å². The molecule has 1 fully saturated rings. The Hall–Kier alpha value is -6.14. The molecule has 8 rings (SSSR count). The van der Waals surface area contributed by atoms with E-state index in [0.29, 0.717) is 44.8 Å². The van der Waals surface area contributed by atoms with E-state index in [1.165, 1.54) is 39.4 Å². The quantitative estimate of drug-likeness (QED) is 0.138. The maximum Gasteiger partial charge on any atom is 0.315 e. The van der Waals surface area contributed by atoms with Crippen molar-refractivity contribution in [3.05, 3.63) is 106 Å². The SMILES string of the molecule is CO[C@H]1/C=C/O[C@@]2(C)Oc3c(C)c(O)c4c(c3C2=O)C2=NC3(CCN(CC(C)C)CC3)NC2=C(NC(=O)/C(C)=C\C=C\[C@H](C)[C@H](O)[C@@H](C)[C@@H](O)[C@@H](C)[C@H](OC(=O)CC(=O)NCCc2ccccc2)[C@@H]1C)C4=O. The molecule has 0 unspecified atom stereocenters. The highest BCUT2D eigenvalue weighted by molar-refractivity contribution is 6.34. The summed E-state index contributed by atoms with van der Waals surface area (Å²) in [5, 5.41) is 44.5. The number of aromatic hydroxyl groups is 1. The molecule has 0 saturated carbocycles. The highest BCUT2D eigenvalue weighted by Crippen LogP contribution is 2.50. The summed E-state index contributed by atoms with van der Waals surface area (Å²) in [7, 11) is 1.43. The number of rotatable bonds is 9. The Bertz CT molecular complexity index is 2590. The minimum absolute atomic E-state index is 0.000591. The lowest BCUT2D eigenvalue weighted by Gasteiger charge is -2.38. The second-order valence-electron chi connectivity index (χ2n) is 20.7. The Morgan fingerprint density at radius 2 is 1.64 bits per heavy atom. The lowest BCUT2D eigenvalue weighted by Crippen LogP contribution is -2.50. The van der Waals surface area contributed by atoms with E-state index >= 15 is 0 Å². The summed E-state index contributed by atoms with van der Waals surface area (Å²) in [6.07, 6.45) is 4.29. The van der Waals surface area contributed by atoms with Gasteiger partial charge in [-0.1, -0.05) is 90.1 Å². The molecule has 2 aromatic carbocycles. The van der Waals surface area contributed by atoms with Crippen molar-refractivity contribution < 1.29 is 58.2 Å².